The van der Waals surface area contributed by atoms with Crippen LogP contribution in [0.1, 0.15) is 12.5 Å². The van der Waals surface area contributed by atoms with Gasteiger partial charge in [0.2, 0.25) is 0 Å². The van der Waals surface area contributed by atoms with Gasteiger partial charge >= 0.3 is 0 Å². The first kappa shape index (κ1) is 15.4. The summed E-state index contributed by atoms with van der Waals surface area (Å²) in [7, 11) is -0.738. The molecule has 0 aliphatic heterocycles. The lowest BCUT2D eigenvalue weighted by Crippen LogP contribution is -2.20. The molecule has 0 radical (unpaired) electrons. The maximum atomic E-state index is 13.8. The van der Waals surface area contributed by atoms with Crippen LogP contribution in [-0.2, 0) is 17.3 Å². The third kappa shape index (κ3) is 4.23. The third-order valence-electron chi connectivity index (χ3n) is 2.98. The number of hydrogen-bond acceptors (Lipinski definition) is 3. The Morgan fingerprint density at radius 2 is 2.20 bits per heavy atom. The lowest BCUT2D eigenvalue weighted by molar-refractivity contribution is 0.629. The number of rotatable bonds is 7. The first-order valence-corrected chi connectivity index (χ1v) is 8.95. The van der Waals surface area contributed by atoms with E-state index in [4.69, 9.17) is 0 Å². The Bertz CT molecular complexity index is 569. The van der Waals surface area contributed by atoms with Gasteiger partial charge in [-0.3, -0.25) is 4.21 Å². The van der Waals surface area contributed by atoms with Gasteiger partial charge in [0.25, 0.3) is 0 Å². The molecule has 20 heavy (non-hydrogen) atoms. The van der Waals surface area contributed by atoms with E-state index >= 15 is 0 Å². The van der Waals surface area contributed by atoms with E-state index in [1.165, 1.54) is 17.4 Å². The van der Waals surface area contributed by atoms with Crippen LogP contribution in [0.15, 0.2) is 35.7 Å². The van der Waals surface area contributed by atoms with Crippen LogP contribution in [0.2, 0.25) is 0 Å². The van der Waals surface area contributed by atoms with E-state index in [0.717, 1.165) is 10.4 Å². The van der Waals surface area contributed by atoms with Gasteiger partial charge in [0.05, 0.1) is 0 Å². The van der Waals surface area contributed by atoms with Gasteiger partial charge in [-0.15, -0.1) is 11.3 Å². The van der Waals surface area contributed by atoms with Gasteiger partial charge in [-0.05, 0) is 29.1 Å². The molecule has 1 aromatic heterocycles. The second kappa shape index (κ2) is 7.67. The molecule has 0 saturated heterocycles. The Morgan fingerprint density at radius 3 is 2.90 bits per heavy atom. The summed E-state index contributed by atoms with van der Waals surface area (Å²) < 4.78 is 25.1. The van der Waals surface area contributed by atoms with Crippen molar-refractivity contribution in [2.45, 2.75) is 13.5 Å². The topological polar surface area (TPSA) is 29.1 Å². The molecular formula is C15H18FNOS2. The van der Waals surface area contributed by atoms with Crippen molar-refractivity contribution in [1.29, 1.82) is 0 Å². The predicted molar refractivity (Wildman–Crippen MR) is 85.0 cm³/mol. The van der Waals surface area contributed by atoms with Gasteiger partial charge in [-0.2, -0.15) is 0 Å². The van der Waals surface area contributed by atoms with Crippen molar-refractivity contribution in [3.63, 3.8) is 0 Å². The Balaban J connectivity index is 1.96. The van der Waals surface area contributed by atoms with Crippen LogP contribution in [0.4, 0.5) is 4.39 Å². The molecule has 0 fully saturated rings. The van der Waals surface area contributed by atoms with Gasteiger partial charge in [0, 0.05) is 45.8 Å². The van der Waals surface area contributed by atoms with Gasteiger partial charge in [0.1, 0.15) is 5.82 Å². The average molecular weight is 311 g/mol. The molecule has 1 atom stereocenters. The van der Waals surface area contributed by atoms with E-state index in [1.807, 2.05) is 30.5 Å². The highest BCUT2D eigenvalue weighted by Crippen LogP contribution is 2.28. The van der Waals surface area contributed by atoms with Crippen LogP contribution in [0.5, 0.6) is 0 Å². The lowest BCUT2D eigenvalue weighted by Gasteiger charge is -2.07. The molecule has 1 N–H and O–H groups in total. The molecule has 108 valence electrons. The monoisotopic (exact) mass is 311 g/mol. The predicted octanol–water partition coefficient (Wildman–Crippen LogP) is 3.41. The van der Waals surface area contributed by atoms with Crippen molar-refractivity contribution in [1.82, 2.24) is 5.32 Å². The highest BCUT2D eigenvalue weighted by atomic mass is 32.2. The smallest absolute Gasteiger partial charge is 0.131 e. The zero-order valence-electron chi connectivity index (χ0n) is 11.4. The summed E-state index contributed by atoms with van der Waals surface area (Å²) in [5.74, 6) is 1.17. The van der Waals surface area contributed by atoms with E-state index in [1.54, 1.807) is 6.07 Å². The summed E-state index contributed by atoms with van der Waals surface area (Å²) in [5.41, 5.74) is 1.69. The second-order valence-corrected chi connectivity index (χ2v) is 7.21. The fourth-order valence-corrected chi connectivity index (χ4v) is 3.27. The SMILES string of the molecule is CCS(=O)CCNCc1ccc(F)c(-c2cccs2)c1. The zero-order valence-corrected chi connectivity index (χ0v) is 13.0. The van der Waals surface area contributed by atoms with Gasteiger partial charge in [0.15, 0.2) is 0 Å². The number of benzene rings is 1. The molecule has 1 unspecified atom stereocenters. The maximum absolute atomic E-state index is 13.8. The van der Waals surface area contributed by atoms with Crippen LogP contribution >= 0.6 is 11.3 Å². The van der Waals surface area contributed by atoms with Gasteiger partial charge in [-0.25, -0.2) is 4.39 Å². The van der Waals surface area contributed by atoms with Gasteiger partial charge < -0.3 is 5.32 Å². The Hall–Kier alpha value is -1.04. The highest BCUT2D eigenvalue weighted by molar-refractivity contribution is 7.84. The molecule has 1 heterocycles. The number of thiophene rings is 1. The van der Waals surface area contributed by atoms with Crippen molar-refractivity contribution < 1.29 is 8.60 Å². The summed E-state index contributed by atoms with van der Waals surface area (Å²) in [5, 5.41) is 5.19. The van der Waals surface area contributed by atoms with Crippen molar-refractivity contribution in [3.8, 4) is 10.4 Å². The van der Waals surface area contributed by atoms with Crippen LogP contribution in [0, 0.1) is 5.82 Å². The molecule has 0 amide bonds. The molecule has 2 rings (SSSR count). The fraction of sp³-hybridized carbons (Fsp3) is 0.333. The molecule has 1 aromatic carbocycles. The van der Waals surface area contributed by atoms with Crippen LogP contribution in [0.3, 0.4) is 0 Å². The first-order chi connectivity index (χ1) is 9.70. The molecule has 2 aromatic rings. The summed E-state index contributed by atoms with van der Waals surface area (Å²) in [6.07, 6.45) is 0. The molecular weight excluding hydrogens is 293 g/mol. The molecule has 0 spiro atoms. The molecule has 2 nitrogen and oxygen atoms in total. The Kier molecular flexibility index (Phi) is 5.88. The van der Waals surface area contributed by atoms with E-state index in [-0.39, 0.29) is 5.82 Å². The van der Waals surface area contributed by atoms with Gasteiger partial charge in [-0.1, -0.05) is 19.1 Å². The summed E-state index contributed by atoms with van der Waals surface area (Å²) in [6.45, 7) is 3.30. The molecule has 5 heteroatoms. The summed E-state index contributed by atoms with van der Waals surface area (Å²) >= 11 is 1.53. The number of halogens is 1. The molecule has 0 bridgehead atoms. The van der Waals surface area contributed by atoms with E-state index in [0.29, 0.717) is 30.2 Å². The van der Waals surface area contributed by atoms with E-state index < -0.39 is 10.8 Å². The lowest BCUT2D eigenvalue weighted by atomic mass is 10.1. The fourth-order valence-electron chi connectivity index (χ4n) is 1.87. The van der Waals surface area contributed by atoms with Crippen LogP contribution in [-0.4, -0.2) is 22.3 Å². The highest BCUT2D eigenvalue weighted by Gasteiger charge is 2.07. The minimum atomic E-state index is -0.738. The standard InChI is InChI=1S/C15H18FNOS2/c1-2-20(18)9-7-17-11-12-5-6-14(16)13(10-12)15-4-3-8-19-15/h3-6,8,10,17H,2,7,9,11H2,1H3. The molecule has 0 aliphatic rings. The minimum Gasteiger partial charge on any atom is -0.312 e. The Morgan fingerprint density at radius 1 is 1.35 bits per heavy atom. The van der Waals surface area contributed by atoms with Crippen LogP contribution < -0.4 is 5.32 Å². The van der Waals surface area contributed by atoms with Crippen molar-refractivity contribution in [3.05, 3.63) is 47.1 Å². The largest absolute Gasteiger partial charge is 0.312 e. The summed E-state index contributed by atoms with van der Waals surface area (Å²) in [4.78, 5) is 0.941. The minimum absolute atomic E-state index is 0.191. The average Bonchev–Trinajstić information content (AvgIpc) is 2.98. The van der Waals surface area contributed by atoms with Crippen molar-refractivity contribution in [2.24, 2.45) is 0 Å². The first-order valence-electron chi connectivity index (χ1n) is 6.58. The number of nitrogens with one attached hydrogen (secondary N) is 1. The Labute approximate surface area is 125 Å². The normalized spacial score (nSPS) is 12.5. The zero-order chi connectivity index (χ0) is 14.4. The quantitative estimate of drug-likeness (QED) is 0.794. The number of hydrogen-bond donors (Lipinski definition) is 1. The third-order valence-corrected chi connectivity index (χ3v) is 5.18. The van der Waals surface area contributed by atoms with Crippen LogP contribution in [0.25, 0.3) is 10.4 Å². The van der Waals surface area contributed by atoms with E-state index in [9.17, 15) is 8.60 Å². The maximum Gasteiger partial charge on any atom is 0.131 e. The van der Waals surface area contributed by atoms with Crippen molar-refractivity contribution >= 4 is 22.1 Å². The molecule has 0 aliphatic carbocycles. The van der Waals surface area contributed by atoms with E-state index in [2.05, 4.69) is 5.32 Å². The second-order valence-electron chi connectivity index (χ2n) is 4.40. The summed E-state index contributed by atoms with van der Waals surface area (Å²) in [6, 6.07) is 9.02. The van der Waals surface area contributed by atoms with Crippen molar-refractivity contribution in [2.75, 3.05) is 18.1 Å². The molecule has 0 saturated carbocycles.